The number of nitrogens with one attached hydrogen (secondary N) is 1. The second kappa shape index (κ2) is 9.94. The lowest BCUT2D eigenvalue weighted by atomic mass is 10.0. The van der Waals surface area contributed by atoms with Gasteiger partial charge in [-0.3, -0.25) is 14.5 Å². The Morgan fingerprint density at radius 3 is 2.97 bits per heavy atom. The first-order valence-electron chi connectivity index (χ1n) is 10.6. The lowest BCUT2D eigenvalue weighted by molar-refractivity contribution is -0.122. The van der Waals surface area contributed by atoms with Gasteiger partial charge in [-0.05, 0) is 37.4 Å². The molecule has 1 unspecified atom stereocenters. The van der Waals surface area contributed by atoms with Crippen molar-refractivity contribution in [2.45, 2.75) is 44.0 Å². The molecule has 30 heavy (non-hydrogen) atoms. The van der Waals surface area contributed by atoms with Crippen LogP contribution in [-0.2, 0) is 16.1 Å². The summed E-state index contributed by atoms with van der Waals surface area (Å²) in [6.07, 6.45) is 2.91. The molecule has 0 aliphatic carbocycles. The Hall–Kier alpha value is -1.90. The Balaban J connectivity index is 1.25. The minimum absolute atomic E-state index is 0.00283. The van der Waals surface area contributed by atoms with Crippen molar-refractivity contribution < 1.29 is 9.59 Å². The minimum atomic E-state index is -0.157. The third-order valence-electron chi connectivity index (χ3n) is 5.52. The number of hydrogen-bond acceptors (Lipinski definition) is 6. The first kappa shape index (κ1) is 21.3. The van der Waals surface area contributed by atoms with E-state index < -0.39 is 0 Å². The zero-order chi connectivity index (χ0) is 20.9. The van der Waals surface area contributed by atoms with Crippen LogP contribution in [-0.4, -0.2) is 47.1 Å². The molecule has 3 heterocycles. The zero-order valence-corrected chi connectivity index (χ0v) is 18.9. The fourth-order valence-electron chi connectivity index (χ4n) is 4.06. The maximum Gasteiger partial charge on any atom is 0.227 e. The van der Waals surface area contributed by atoms with Gasteiger partial charge in [-0.2, -0.15) is 0 Å². The summed E-state index contributed by atoms with van der Waals surface area (Å²) in [5.41, 5.74) is 1.96. The first-order chi connectivity index (χ1) is 14.6. The molecular weight excluding hydrogens is 416 g/mol. The summed E-state index contributed by atoms with van der Waals surface area (Å²) in [4.78, 5) is 35.0. The Labute approximate surface area is 186 Å². The molecule has 1 aromatic carbocycles. The summed E-state index contributed by atoms with van der Waals surface area (Å²) in [6, 6.07) is 7.94. The van der Waals surface area contributed by atoms with Gasteiger partial charge in [0.15, 0.2) is 5.13 Å². The number of aromatic nitrogens is 1. The number of carbonyl (C=O) groups is 2. The molecule has 1 N–H and O–H groups in total. The molecule has 6 nitrogen and oxygen atoms in total. The molecule has 1 saturated heterocycles. The molecule has 2 aromatic rings. The van der Waals surface area contributed by atoms with Crippen molar-refractivity contribution in [3.05, 3.63) is 35.3 Å². The van der Waals surface area contributed by atoms with Crippen molar-refractivity contribution in [2.24, 2.45) is 5.92 Å². The normalized spacial score (nSPS) is 19.4. The summed E-state index contributed by atoms with van der Waals surface area (Å²) in [5.74, 6) is 1.46. The number of nitrogens with zero attached hydrogens (tertiary/aromatic N) is 3. The SMILES string of the molecule is CC1CCCN(Cc2csc(NC(=O)CCC(=O)N3CCSc4ccccc43)n2)C1. The highest BCUT2D eigenvalue weighted by molar-refractivity contribution is 7.99. The van der Waals surface area contributed by atoms with E-state index in [9.17, 15) is 9.59 Å². The molecule has 2 aliphatic rings. The molecule has 0 bridgehead atoms. The Kier molecular flexibility index (Phi) is 7.07. The molecule has 1 atom stereocenters. The summed E-state index contributed by atoms with van der Waals surface area (Å²) in [5, 5.41) is 5.49. The number of carbonyl (C=O) groups excluding carboxylic acids is 2. The number of piperidine rings is 1. The minimum Gasteiger partial charge on any atom is -0.310 e. The lowest BCUT2D eigenvalue weighted by Gasteiger charge is -2.30. The van der Waals surface area contributed by atoms with Gasteiger partial charge in [-0.25, -0.2) is 4.98 Å². The molecule has 2 amide bonds. The highest BCUT2D eigenvalue weighted by Gasteiger charge is 2.23. The number of rotatable bonds is 6. The quantitative estimate of drug-likeness (QED) is 0.722. The van der Waals surface area contributed by atoms with Crippen LogP contribution in [0.2, 0.25) is 0 Å². The number of hydrogen-bond donors (Lipinski definition) is 1. The number of para-hydroxylation sites is 1. The molecule has 4 rings (SSSR count). The van der Waals surface area contributed by atoms with Gasteiger partial charge in [0.2, 0.25) is 11.8 Å². The Morgan fingerprint density at radius 1 is 1.23 bits per heavy atom. The standard InChI is InChI=1S/C22H28N4O2S2/c1-16-5-4-10-25(13-16)14-17-15-30-22(23-17)24-20(27)8-9-21(28)26-11-12-29-19-7-3-2-6-18(19)26/h2-3,6-7,15-16H,4-5,8-14H2,1H3,(H,23,24,27). The molecule has 2 aliphatic heterocycles. The average Bonchev–Trinajstić information content (AvgIpc) is 3.18. The van der Waals surface area contributed by atoms with E-state index in [1.54, 1.807) is 16.7 Å². The largest absolute Gasteiger partial charge is 0.310 e. The van der Waals surface area contributed by atoms with Crippen LogP contribution in [0.25, 0.3) is 0 Å². The van der Waals surface area contributed by atoms with E-state index in [-0.39, 0.29) is 24.7 Å². The summed E-state index contributed by atoms with van der Waals surface area (Å²) in [7, 11) is 0. The molecule has 160 valence electrons. The van der Waals surface area contributed by atoms with Gasteiger partial charge >= 0.3 is 0 Å². The third-order valence-corrected chi connectivity index (χ3v) is 7.37. The zero-order valence-electron chi connectivity index (χ0n) is 17.3. The van der Waals surface area contributed by atoms with Crippen molar-refractivity contribution in [1.82, 2.24) is 9.88 Å². The van der Waals surface area contributed by atoms with Gasteiger partial charge < -0.3 is 10.2 Å². The summed E-state index contributed by atoms with van der Waals surface area (Å²) in [6.45, 7) is 6.04. The molecule has 0 radical (unpaired) electrons. The van der Waals surface area contributed by atoms with Crippen LogP contribution in [0.5, 0.6) is 0 Å². The van der Waals surface area contributed by atoms with Gasteiger partial charge in [0, 0.05) is 48.5 Å². The molecule has 0 spiro atoms. The summed E-state index contributed by atoms with van der Waals surface area (Å²) >= 11 is 3.22. The second-order valence-corrected chi connectivity index (χ2v) is 10.0. The second-order valence-electron chi connectivity index (χ2n) is 8.04. The van der Waals surface area contributed by atoms with Crippen LogP contribution in [0.15, 0.2) is 34.5 Å². The Bertz CT molecular complexity index is 901. The van der Waals surface area contributed by atoms with Gasteiger partial charge in [0.1, 0.15) is 0 Å². The van der Waals surface area contributed by atoms with E-state index in [1.807, 2.05) is 29.6 Å². The molecule has 1 aromatic heterocycles. The van der Waals surface area contributed by atoms with Crippen LogP contribution in [0, 0.1) is 5.92 Å². The van der Waals surface area contributed by atoms with Crippen molar-refractivity contribution in [2.75, 3.05) is 35.6 Å². The maximum atomic E-state index is 12.7. The predicted molar refractivity (Wildman–Crippen MR) is 123 cm³/mol. The Morgan fingerprint density at radius 2 is 2.10 bits per heavy atom. The van der Waals surface area contributed by atoms with Crippen LogP contribution >= 0.6 is 23.1 Å². The van der Waals surface area contributed by atoms with Crippen molar-refractivity contribution >= 4 is 45.7 Å². The smallest absolute Gasteiger partial charge is 0.227 e. The maximum absolute atomic E-state index is 12.7. The van der Waals surface area contributed by atoms with E-state index in [4.69, 9.17) is 0 Å². The fraction of sp³-hybridized carbons (Fsp3) is 0.500. The van der Waals surface area contributed by atoms with Crippen LogP contribution in [0.1, 0.15) is 38.3 Å². The van der Waals surface area contributed by atoms with E-state index in [0.717, 1.165) is 47.6 Å². The number of thioether (sulfide) groups is 1. The van der Waals surface area contributed by atoms with E-state index >= 15 is 0 Å². The monoisotopic (exact) mass is 444 g/mol. The summed E-state index contributed by atoms with van der Waals surface area (Å²) < 4.78 is 0. The highest BCUT2D eigenvalue weighted by atomic mass is 32.2. The van der Waals surface area contributed by atoms with E-state index in [0.29, 0.717) is 11.7 Å². The molecule has 0 saturated carbocycles. The number of amides is 2. The fourth-order valence-corrected chi connectivity index (χ4v) is 5.77. The number of thiazole rings is 1. The van der Waals surface area contributed by atoms with Crippen LogP contribution in [0.3, 0.4) is 0 Å². The van der Waals surface area contributed by atoms with E-state index in [1.165, 1.54) is 24.2 Å². The van der Waals surface area contributed by atoms with Gasteiger partial charge in [-0.15, -0.1) is 23.1 Å². The van der Waals surface area contributed by atoms with Crippen molar-refractivity contribution in [3.8, 4) is 0 Å². The van der Waals surface area contributed by atoms with Crippen molar-refractivity contribution in [3.63, 3.8) is 0 Å². The van der Waals surface area contributed by atoms with Crippen LogP contribution in [0.4, 0.5) is 10.8 Å². The third kappa shape index (κ3) is 5.42. The number of anilines is 2. The molecule has 1 fully saturated rings. The number of fused-ring (bicyclic) bond motifs is 1. The topological polar surface area (TPSA) is 65.5 Å². The van der Waals surface area contributed by atoms with Crippen LogP contribution < -0.4 is 10.2 Å². The first-order valence-corrected chi connectivity index (χ1v) is 12.4. The van der Waals surface area contributed by atoms with Crippen molar-refractivity contribution in [1.29, 1.82) is 0 Å². The predicted octanol–water partition coefficient (Wildman–Crippen LogP) is 4.23. The van der Waals surface area contributed by atoms with Gasteiger partial charge in [-0.1, -0.05) is 19.1 Å². The highest BCUT2D eigenvalue weighted by Crippen LogP contribution is 2.34. The molecular formula is C22H28N4O2S2. The number of likely N-dealkylation sites (tertiary alicyclic amines) is 1. The molecule has 8 heteroatoms. The lowest BCUT2D eigenvalue weighted by Crippen LogP contribution is -2.35. The van der Waals surface area contributed by atoms with Gasteiger partial charge in [0.25, 0.3) is 0 Å². The number of benzene rings is 1. The average molecular weight is 445 g/mol. The van der Waals surface area contributed by atoms with Gasteiger partial charge in [0.05, 0.1) is 11.4 Å². The van der Waals surface area contributed by atoms with E-state index in [2.05, 4.69) is 22.1 Å².